The minimum absolute atomic E-state index is 0.140. The molecule has 0 saturated carbocycles. The van der Waals surface area contributed by atoms with Crippen LogP contribution in [0.5, 0.6) is 0 Å². The van der Waals surface area contributed by atoms with Gasteiger partial charge in [0.05, 0.1) is 0 Å². The first-order valence-corrected chi connectivity index (χ1v) is 5.98. The molecule has 0 saturated heterocycles. The van der Waals surface area contributed by atoms with E-state index in [0.717, 1.165) is 13.0 Å². The molecule has 0 aromatic carbocycles. The molecule has 0 fully saturated rings. The summed E-state index contributed by atoms with van der Waals surface area (Å²) in [7, 11) is 0. The van der Waals surface area contributed by atoms with Gasteiger partial charge in [-0.1, -0.05) is 27.7 Å². The van der Waals surface area contributed by atoms with Crippen LogP contribution in [0, 0.1) is 5.41 Å². The highest BCUT2D eigenvalue weighted by molar-refractivity contribution is 7.99. The Balaban J connectivity index is 3.60. The highest BCUT2D eigenvalue weighted by atomic mass is 32.2. The Morgan fingerprint density at radius 3 is 2.38 bits per heavy atom. The van der Waals surface area contributed by atoms with Crippen molar-refractivity contribution in [2.24, 2.45) is 5.41 Å². The maximum Gasteiger partial charge on any atom is 0.225 e. The maximum atomic E-state index is 11.4. The minimum Gasteiger partial charge on any atom is -0.356 e. The quantitative estimate of drug-likeness (QED) is 0.759. The lowest BCUT2D eigenvalue weighted by atomic mass is 9.96. The summed E-state index contributed by atoms with van der Waals surface area (Å²) in [4.78, 5) is 11.4. The standard InChI is InChI=1S/C10H21NOS/c1-8(13-5)6-7-11-9(12)10(2,3)4/h8H,6-7H2,1-5H3,(H,11,12). The van der Waals surface area contributed by atoms with E-state index in [4.69, 9.17) is 0 Å². The molecular formula is C10H21NOS. The molecule has 0 spiro atoms. The molecule has 1 N–H and O–H groups in total. The van der Waals surface area contributed by atoms with Crippen molar-refractivity contribution < 1.29 is 4.79 Å². The second-order valence-electron chi connectivity index (χ2n) is 4.34. The molecule has 3 heteroatoms. The zero-order valence-electron chi connectivity index (χ0n) is 9.31. The van der Waals surface area contributed by atoms with Crippen molar-refractivity contribution in [2.75, 3.05) is 12.8 Å². The molecule has 0 heterocycles. The fourth-order valence-electron chi connectivity index (χ4n) is 0.772. The predicted octanol–water partition coefficient (Wildman–Crippen LogP) is 2.29. The molecule has 0 rings (SSSR count). The summed E-state index contributed by atoms with van der Waals surface area (Å²) in [5, 5.41) is 3.56. The average molecular weight is 203 g/mol. The second-order valence-corrected chi connectivity index (χ2v) is 5.62. The highest BCUT2D eigenvalue weighted by Crippen LogP contribution is 2.13. The van der Waals surface area contributed by atoms with E-state index >= 15 is 0 Å². The summed E-state index contributed by atoms with van der Waals surface area (Å²) in [6.07, 6.45) is 3.14. The van der Waals surface area contributed by atoms with Crippen LogP contribution < -0.4 is 5.32 Å². The molecule has 0 radical (unpaired) electrons. The Bertz CT molecular complexity index is 163. The molecule has 1 atom stereocenters. The van der Waals surface area contributed by atoms with E-state index in [1.54, 1.807) is 0 Å². The number of nitrogens with one attached hydrogen (secondary N) is 1. The van der Waals surface area contributed by atoms with Gasteiger partial charge in [0.15, 0.2) is 0 Å². The number of rotatable bonds is 4. The summed E-state index contributed by atoms with van der Waals surface area (Å²) < 4.78 is 0. The Kier molecular flexibility index (Phi) is 5.45. The van der Waals surface area contributed by atoms with Crippen molar-refractivity contribution in [3.63, 3.8) is 0 Å². The van der Waals surface area contributed by atoms with E-state index in [-0.39, 0.29) is 11.3 Å². The Hall–Kier alpha value is -0.180. The van der Waals surface area contributed by atoms with Crippen molar-refractivity contribution in [1.29, 1.82) is 0 Å². The van der Waals surface area contributed by atoms with Crippen LogP contribution in [0.3, 0.4) is 0 Å². The lowest BCUT2D eigenvalue weighted by Crippen LogP contribution is -2.35. The maximum absolute atomic E-state index is 11.4. The van der Waals surface area contributed by atoms with Crippen molar-refractivity contribution >= 4 is 17.7 Å². The van der Waals surface area contributed by atoms with Gasteiger partial charge in [-0.3, -0.25) is 4.79 Å². The first-order valence-electron chi connectivity index (χ1n) is 4.69. The molecule has 0 aliphatic rings. The van der Waals surface area contributed by atoms with Crippen molar-refractivity contribution in [3.05, 3.63) is 0 Å². The van der Waals surface area contributed by atoms with E-state index in [2.05, 4.69) is 18.5 Å². The van der Waals surface area contributed by atoms with E-state index in [0.29, 0.717) is 5.25 Å². The molecule has 0 aliphatic heterocycles. The van der Waals surface area contributed by atoms with Gasteiger partial charge in [-0.25, -0.2) is 0 Å². The average Bonchev–Trinajstić information content (AvgIpc) is 2.02. The SMILES string of the molecule is CSC(C)CCNC(=O)C(C)(C)C. The monoisotopic (exact) mass is 203 g/mol. The third-order valence-electron chi connectivity index (χ3n) is 1.92. The van der Waals surface area contributed by atoms with Crippen LogP contribution in [0.1, 0.15) is 34.1 Å². The third-order valence-corrected chi connectivity index (χ3v) is 2.96. The Morgan fingerprint density at radius 1 is 1.46 bits per heavy atom. The molecular weight excluding hydrogens is 182 g/mol. The number of hydrogen-bond donors (Lipinski definition) is 1. The Labute approximate surface area is 85.9 Å². The second kappa shape index (κ2) is 5.53. The summed E-state index contributed by atoms with van der Waals surface area (Å²) in [5.74, 6) is 0.140. The predicted molar refractivity (Wildman–Crippen MR) is 60.1 cm³/mol. The zero-order valence-corrected chi connectivity index (χ0v) is 10.1. The van der Waals surface area contributed by atoms with E-state index in [9.17, 15) is 4.79 Å². The molecule has 2 nitrogen and oxygen atoms in total. The van der Waals surface area contributed by atoms with Gasteiger partial charge in [0, 0.05) is 17.2 Å². The summed E-state index contributed by atoms with van der Waals surface area (Å²) in [5.41, 5.74) is -0.261. The number of hydrogen-bond acceptors (Lipinski definition) is 2. The van der Waals surface area contributed by atoms with Crippen molar-refractivity contribution in [3.8, 4) is 0 Å². The van der Waals surface area contributed by atoms with Crippen LogP contribution in [-0.2, 0) is 4.79 Å². The van der Waals surface area contributed by atoms with E-state index in [1.165, 1.54) is 0 Å². The van der Waals surface area contributed by atoms with Gasteiger partial charge in [-0.15, -0.1) is 0 Å². The zero-order chi connectivity index (χ0) is 10.5. The lowest BCUT2D eigenvalue weighted by Gasteiger charge is -2.18. The smallest absolute Gasteiger partial charge is 0.225 e. The Morgan fingerprint density at radius 2 is 2.00 bits per heavy atom. The fraction of sp³-hybridized carbons (Fsp3) is 0.900. The van der Waals surface area contributed by atoms with Crippen LogP contribution in [0.25, 0.3) is 0 Å². The first kappa shape index (κ1) is 12.8. The van der Waals surface area contributed by atoms with E-state index < -0.39 is 0 Å². The number of carbonyl (C=O) groups is 1. The van der Waals surface area contributed by atoms with Gasteiger partial charge in [0.25, 0.3) is 0 Å². The van der Waals surface area contributed by atoms with Crippen LogP contribution in [0.4, 0.5) is 0 Å². The molecule has 0 bridgehead atoms. The van der Waals surface area contributed by atoms with Crippen LogP contribution in [0.2, 0.25) is 0 Å². The number of thioether (sulfide) groups is 1. The third kappa shape index (κ3) is 5.97. The lowest BCUT2D eigenvalue weighted by molar-refractivity contribution is -0.128. The molecule has 1 amide bonds. The highest BCUT2D eigenvalue weighted by Gasteiger charge is 2.20. The summed E-state index contributed by atoms with van der Waals surface area (Å²) in [6.45, 7) is 8.76. The van der Waals surface area contributed by atoms with Crippen LogP contribution >= 0.6 is 11.8 Å². The fourth-order valence-corrected chi connectivity index (χ4v) is 1.13. The minimum atomic E-state index is -0.261. The molecule has 0 aromatic rings. The van der Waals surface area contributed by atoms with Crippen LogP contribution in [0.15, 0.2) is 0 Å². The van der Waals surface area contributed by atoms with Crippen molar-refractivity contribution in [2.45, 2.75) is 39.4 Å². The van der Waals surface area contributed by atoms with Crippen LogP contribution in [-0.4, -0.2) is 24.0 Å². The number of carbonyl (C=O) groups excluding carboxylic acids is 1. The van der Waals surface area contributed by atoms with Crippen molar-refractivity contribution in [1.82, 2.24) is 5.32 Å². The van der Waals surface area contributed by atoms with Gasteiger partial charge >= 0.3 is 0 Å². The first-order chi connectivity index (χ1) is 5.88. The largest absolute Gasteiger partial charge is 0.356 e. The van der Waals surface area contributed by atoms with Gasteiger partial charge in [-0.2, -0.15) is 11.8 Å². The summed E-state index contributed by atoms with van der Waals surface area (Å²) >= 11 is 1.83. The van der Waals surface area contributed by atoms with E-state index in [1.807, 2.05) is 32.5 Å². The molecule has 78 valence electrons. The van der Waals surface area contributed by atoms with Gasteiger partial charge < -0.3 is 5.32 Å². The van der Waals surface area contributed by atoms with Gasteiger partial charge in [0.2, 0.25) is 5.91 Å². The molecule has 1 unspecified atom stereocenters. The van der Waals surface area contributed by atoms with Gasteiger partial charge in [-0.05, 0) is 12.7 Å². The van der Waals surface area contributed by atoms with Gasteiger partial charge in [0.1, 0.15) is 0 Å². The molecule has 0 aromatic heterocycles. The number of amides is 1. The summed E-state index contributed by atoms with van der Waals surface area (Å²) in [6, 6.07) is 0. The molecule has 0 aliphatic carbocycles. The normalized spacial score (nSPS) is 13.9. The molecule has 13 heavy (non-hydrogen) atoms. The topological polar surface area (TPSA) is 29.1 Å².